The van der Waals surface area contributed by atoms with Gasteiger partial charge in [-0.3, -0.25) is 0 Å². The zero-order valence-corrected chi connectivity index (χ0v) is 14.5. The highest BCUT2D eigenvalue weighted by atomic mass is 16.6. The summed E-state index contributed by atoms with van der Waals surface area (Å²) in [6.45, 7) is 1.90. The average Bonchev–Trinajstić information content (AvgIpc) is 2.95. The number of para-hydroxylation sites is 2. The maximum atomic E-state index is 12.8. The minimum atomic E-state index is -1.70. The van der Waals surface area contributed by atoms with Crippen LogP contribution in [0.15, 0.2) is 54.6 Å². The zero-order valence-electron chi connectivity index (χ0n) is 14.5. The molecule has 26 heavy (non-hydrogen) atoms. The second-order valence-corrected chi connectivity index (χ2v) is 6.16. The van der Waals surface area contributed by atoms with Crippen molar-refractivity contribution in [2.75, 3.05) is 18.5 Å². The summed E-state index contributed by atoms with van der Waals surface area (Å²) in [6, 6.07) is 16.0. The van der Waals surface area contributed by atoms with Crippen molar-refractivity contribution < 1.29 is 24.2 Å². The molecule has 0 aromatic heterocycles. The summed E-state index contributed by atoms with van der Waals surface area (Å²) in [5.41, 5.74) is -0.453. The van der Waals surface area contributed by atoms with Crippen molar-refractivity contribution in [1.29, 1.82) is 0 Å². The van der Waals surface area contributed by atoms with Gasteiger partial charge >= 0.3 is 11.9 Å². The molecule has 0 radical (unpaired) electrons. The van der Waals surface area contributed by atoms with E-state index < -0.39 is 23.4 Å². The van der Waals surface area contributed by atoms with Crippen LogP contribution in [-0.4, -0.2) is 35.8 Å². The number of carbonyl (C=O) groups is 2. The number of hydrogen-bond donors (Lipinski definition) is 2. The van der Waals surface area contributed by atoms with Crippen LogP contribution < -0.4 is 5.32 Å². The molecule has 3 rings (SSSR count). The van der Waals surface area contributed by atoms with E-state index in [0.717, 1.165) is 5.56 Å². The van der Waals surface area contributed by atoms with Crippen LogP contribution in [0.5, 0.6) is 5.75 Å². The summed E-state index contributed by atoms with van der Waals surface area (Å²) in [5.74, 6) is -1.93. The van der Waals surface area contributed by atoms with E-state index in [1.807, 2.05) is 30.3 Å². The maximum absolute atomic E-state index is 12.8. The lowest BCUT2D eigenvalue weighted by molar-refractivity contribution is -0.157. The molecule has 0 spiro atoms. The van der Waals surface area contributed by atoms with Crippen LogP contribution >= 0.6 is 0 Å². The number of cyclic esters (lactones) is 1. The SMILES string of the molecule is CCOC(=O)[C@]1(Nc2ccccc2O)C(=O)OC[C@H]1Cc1ccccc1. The van der Waals surface area contributed by atoms with Gasteiger partial charge in [-0.2, -0.15) is 0 Å². The summed E-state index contributed by atoms with van der Waals surface area (Å²) < 4.78 is 10.4. The molecule has 1 fully saturated rings. The third-order valence-corrected chi connectivity index (χ3v) is 4.51. The Balaban J connectivity index is 2.00. The largest absolute Gasteiger partial charge is 0.506 e. The molecule has 0 aliphatic carbocycles. The van der Waals surface area contributed by atoms with E-state index in [9.17, 15) is 14.7 Å². The Hall–Kier alpha value is -3.02. The molecule has 2 aromatic rings. The van der Waals surface area contributed by atoms with Gasteiger partial charge in [0.25, 0.3) is 0 Å². The summed E-state index contributed by atoms with van der Waals surface area (Å²) in [4.78, 5) is 25.5. The van der Waals surface area contributed by atoms with Crippen molar-refractivity contribution in [2.24, 2.45) is 5.92 Å². The van der Waals surface area contributed by atoms with Gasteiger partial charge in [0, 0.05) is 5.92 Å². The first-order valence-corrected chi connectivity index (χ1v) is 8.52. The minimum Gasteiger partial charge on any atom is -0.506 e. The van der Waals surface area contributed by atoms with E-state index in [4.69, 9.17) is 9.47 Å². The third kappa shape index (κ3) is 3.22. The van der Waals surface area contributed by atoms with Gasteiger partial charge in [-0.1, -0.05) is 42.5 Å². The van der Waals surface area contributed by atoms with Gasteiger partial charge in [-0.05, 0) is 31.0 Å². The molecule has 1 aliphatic heterocycles. The molecule has 0 bridgehead atoms. The second-order valence-electron chi connectivity index (χ2n) is 6.16. The second kappa shape index (κ2) is 7.47. The van der Waals surface area contributed by atoms with E-state index >= 15 is 0 Å². The third-order valence-electron chi connectivity index (χ3n) is 4.51. The van der Waals surface area contributed by atoms with Gasteiger partial charge in [0.1, 0.15) is 5.75 Å². The molecular weight excluding hydrogens is 334 g/mol. The number of anilines is 1. The van der Waals surface area contributed by atoms with Crippen LogP contribution in [0.3, 0.4) is 0 Å². The van der Waals surface area contributed by atoms with Crippen molar-refractivity contribution in [2.45, 2.75) is 18.9 Å². The Kier molecular flexibility index (Phi) is 5.11. The van der Waals surface area contributed by atoms with Crippen LogP contribution in [0.2, 0.25) is 0 Å². The van der Waals surface area contributed by atoms with Gasteiger partial charge in [-0.15, -0.1) is 0 Å². The first kappa shape index (κ1) is 17.8. The fourth-order valence-corrected chi connectivity index (χ4v) is 3.18. The first-order valence-electron chi connectivity index (χ1n) is 8.52. The molecule has 0 amide bonds. The fraction of sp³-hybridized carbons (Fsp3) is 0.300. The number of benzene rings is 2. The predicted molar refractivity (Wildman–Crippen MR) is 95.7 cm³/mol. The minimum absolute atomic E-state index is 0.0608. The van der Waals surface area contributed by atoms with Crippen molar-refractivity contribution in [3.8, 4) is 5.75 Å². The number of nitrogens with one attached hydrogen (secondary N) is 1. The van der Waals surface area contributed by atoms with Gasteiger partial charge in [0.05, 0.1) is 18.9 Å². The lowest BCUT2D eigenvalue weighted by Gasteiger charge is -2.31. The number of rotatable bonds is 6. The summed E-state index contributed by atoms with van der Waals surface area (Å²) in [5, 5.41) is 13.0. The van der Waals surface area contributed by atoms with E-state index in [1.165, 1.54) is 6.07 Å². The molecule has 2 aromatic carbocycles. The van der Waals surface area contributed by atoms with Crippen molar-refractivity contribution in [3.63, 3.8) is 0 Å². The van der Waals surface area contributed by atoms with E-state index in [1.54, 1.807) is 25.1 Å². The van der Waals surface area contributed by atoms with E-state index in [2.05, 4.69) is 5.32 Å². The first-order chi connectivity index (χ1) is 12.6. The Morgan fingerprint density at radius 2 is 1.92 bits per heavy atom. The van der Waals surface area contributed by atoms with Crippen LogP contribution in [-0.2, 0) is 25.5 Å². The number of carbonyl (C=O) groups excluding carboxylic acids is 2. The van der Waals surface area contributed by atoms with Crippen LogP contribution in [0.1, 0.15) is 12.5 Å². The standard InChI is InChI=1S/C20H21NO5/c1-2-25-18(23)20(21-16-10-6-7-11-17(16)22)15(13-26-19(20)24)12-14-8-4-3-5-9-14/h3-11,15,21-22H,2,12-13H2,1H3/t15-,20+/m1/s1. The molecule has 136 valence electrons. The van der Waals surface area contributed by atoms with Crippen molar-refractivity contribution in [3.05, 3.63) is 60.2 Å². The number of aromatic hydroxyl groups is 1. The number of esters is 2. The lowest BCUT2D eigenvalue weighted by Crippen LogP contribution is -2.56. The quantitative estimate of drug-likeness (QED) is 0.471. The van der Waals surface area contributed by atoms with Gasteiger partial charge in [0.15, 0.2) is 0 Å². The Bertz CT molecular complexity index is 792. The van der Waals surface area contributed by atoms with Gasteiger partial charge in [0.2, 0.25) is 5.54 Å². The predicted octanol–water partition coefficient (Wildman–Crippen LogP) is 2.52. The molecule has 6 heteroatoms. The highest BCUT2D eigenvalue weighted by Crippen LogP contribution is 2.37. The van der Waals surface area contributed by atoms with Crippen LogP contribution in [0.4, 0.5) is 5.69 Å². The molecule has 6 nitrogen and oxygen atoms in total. The number of phenols is 1. The Morgan fingerprint density at radius 1 is 1.23 bits per heavy atom. The lowest BCUT2D eigenvalue weighted by atomic mass is 9.81. The fourth-order valence-electron chi connectivity index (χ4n) is 3.18. The van der Waals surface area contributed by atoms with Gasteiger partial charge < -0.3 is 19.9 Å². The molecule has 1 aliphatic rings. The summed E-state index contributed by atoms with van der Waals surface area (Å²) in [7, 11) is 0. The molecule has 0 saturated carbocycles. The van der Waals surface area contributed by atoms with Crippen LogP contribution in [0.25, 0.3) is 0 Å². The Labute approximate surface area is 151 Å². The number of phenolic OH excluding ortho intramolecular Hbond substituents is 1. The summed E-state index contributed by atoms with van der Waals surface area (Å²) >= 11 is 0. The average molecular weight is 355 g/mol. The number of ether oxygens (including phenoxy) is 2. The van der Waals surface area contributed by atoms with Crippen LogP contribution in [0, 0.1) is 5.92 Å². The number of hydrogen-bond acceptors (Lipinski definition) is 6. The summed E-state index contributed by atoms with van der Waals surface area (Å²) in [6.07, 6.45) is 0.450. The smallest absolute Gasteiger partial charge is 0.344 e. The van der Waals surface area contributed by atoms with E-state index in [-0.39, 0.29) is 24.7 Å². The molecule has 2 N–H and O–H groups in total. The molecule has 0 unspecified atom stereocenters. The van der Waals surface area contributed by atoms with Crippen molar-refractivity contribution in [1.82, 2.24) is 0 Å². The normalized spacial score (nSPS) is 21.9. The molecule has 1 saturated heterocycles. The van der Waals surface area contributed by atoms with Gasteiger partial charge in [-0.25, -0.2) is 9.59 Å². The molecule has 2 atom stereocenters. The highest BCUT2D eigenvalue weighted by Gasteiger charge is 2.60. The molecule has 1 heterocycles. The van der Waals surface area contributed by atoms with E-state index in [0.29, 0.717) is 6.42 Å². The van der Waals surface area contributed by atoms with Crippen molar-refractivity contribution >= 4 is 17.6 Å². The zero-order chi connectivity index (χ0) is 18.6. The highest BCUT2D eigenvalue weighted by molar-refractivity contribution is 6.09. The monoisotopic (exact) mass is 355 g/mol. The maximum Gasteiger partial charge on any atom is 0.344 e. The molecular formula is C20H21NO5. The Morgan fingerprint density at radius 3 is 2.62 bits per heavy atom. The topological polar surface area (TPSA) is 84.9 Å².